The first-order valence-electron chi connectivity index (χ1n) is 9.99. The first-order valence-corrected chi connectivity index (χ1v) is 12.9. The van der Waals surface area contributed by atoms with Gasteiger partial charge in [-0.1, -0.05) is 44.4 Å². The molecule has 0 spiro atoms. The van der Waals surface area contributed by atoms with Gasteiger partial charge < -0.3 is 9.32 Å². The second-order valence-electron chi connectivity index (χ2n) is 7.44. The standard InChI is InChI=1S/C21H29NO4S2/c1-3-28(24,25)14-13-22(2)21(23)20-18(15-27-16-9-5-4-6-10-16)17-11-7-8-12-19(17)26-20/h7-8,11-12,16H,3-6,9-10,13-15H2,1-2H3. The molecule has 3 rings (SSSR count). The molecule has 0 saturated heterocycles. The predicted molar refractivity (Wildman–Crippen MR) is 116 cm³/mol. The fourth-order valence-electron chi connectivity index (χ4n) is 3.54. The van der Waals surface area contributed by atoms with Crippen LogP contribution in [0.25, 0.3) is 11.0 Å². The summed E-state index contributed by atoms with van der Waals surface area (Å²) in [6.45, 7) is 1.79. The van der Waals surface area contributed by atoms with E-state index >= 15 is 0 Å². The van der Waals surface area contributed by atoms with Gasteiger partial charge in [-0.05, 0) is 18.9 Å². The first kappa shape index (κ1) is 21.2. The van der Waals surface area contributed by atoms with Gasteiger partial charge in [0, 0.05) is 41.3 Å². The van der Waals surface area contributed by atoms with E-state index < -0.39 is 9.84 Å². The Morgan fingerprint density at radius 2 is 1.93 bits per heavy atom. The molecule has 0 bridgehead atoms. The molecule has 1 saturated carbocycles. The number of para-hydroxylation sites is 1. The molecule has 0 unspecified atom stereocenters. The summed E-state index contributed by atoms with van der Waals surface area (Å²) in [4.78, 5) is 14.5. The van der Waals surface area contributed by atoms with E-state index in [2.05, 4.69) is 0 Å². The first-order chi connectivity index (χ1) is 13.4. The molecule has 5 nitrogen and oxygen atoms in total. The van der Waals surface area contributed by atoms with Crippen LogP contribution in [0.15, 0.2) is 28.7 Å². The van der Waals surface area contributed by atoms with Gasteiger partial charge in [0.2, 0.25) is 0 Å². The summed E-state index contributed by atoms with van der Waals surface area (Å²) in [6, 6.07) is 7.73. The molecular formula is C21H29NO4S2. The van der Waals surface area contributed by atoms with E-state index in [9.17, 15) is 13.2 Å². The number of rotatable bonds is 8. The van der Waals surface area contributed by atoms with Crippen LogP contribution in [0.2, 0.25) is 0 Å². The summed E-state index contributed by atoms with van der Waals surface area (Å²) < 4.78 is 29.5. The third-order valence-electron chi connectivity index (χ3n) is 5.43. The average Bonchev–Trinajstić information content (AvgIpc) is 3.09. The van der Waals surface area contributed by atoms with Crippen LogP contribution in [0.4, 0.5) is 0 Å². The van der Waals surface area contributed by atoms with Crippen LogP contribution in [-0.4, -0.2) is 49.6 Å². The van der Waals surface area contributed by atoms with Crippen LogP contribution < -0.4 is 0 Å². The molecule has 1 amide bonds. The van der Waals surface area contributed by atoms with Gasteiger partial charge in [0.05, 0.1) is 5.75 Å². The third-order valence-corrected chi connectivity index (χ3v) is 8.51. The van der Waals surface area contributed by atoms with Crippen molar-refractivity contribution < 1.29 is 17.6 Å². The van der Waals surface area contributed by atoms with Crippen molar-refractivity contribution >= 4 is 38.5 Å². The van der Waals surface area contributed by atoms with E-state index in [-0.39, 0.29) is 24.0 Å². The van der Waals surface area contributed by atoms with Crippen molar-refractivity contribution in [1.29, 1.82) is 0 Å². The molecule has 0 atom stereocenters. The minimum absolute atomic E-state index is 0.0296. The molecule has 7 heteroatoms. The number of thioether (sulfide) groups is 1. The van der Waals surface area contributed by atoms with E-state index in [1.54, 1.807) is 14.0 Å². The number of benzene rings is 1. The molecule has 2 aromatic rings. The number of amides is 1. The fraction of sp³-hybridized carbons (Fsp3) is 0.571. The molecule has 0 radical (unpaired) electrons. The Morgan fingerprint density at radius 3 is 2.64 bits per heavy atom. The van der Waals surface area contributed by atoms with Gasteiger partial charge >= 0.3 is 0 Å². The zero-order chi connectivity index (χ0) is 20.1. The zero-order valence-electron chi connectivity index (χ0n) is 16.6. The number of fused-ring (bicyclic) bond motifs is 1. The number of hydrogen-bond acceptors (Lipinski definition) is 5. The van der Waals surface area contributed by atoms with Gasteiger partial charge in [-0.25, -0.2) is 8.42 Å². The zero-order valence-corrected chi connectivity index (χ0v) is 18.3. The highest BCUT2D eigenvalue weighted by molar-refractivity contribution is 7.99. The number of hydrogen-bond donors (Lipinski definition) is 0. The Hall–Kier alpha value is -1.47. The summed E-state index contributed by atoms with van der Waals surface area (Å²) in [5.41, 5.74) is 1.64. The van der Waals surface area contributed by atoms with Gasteiger partial charge in [0.25, 0.3) is 5.91 Å². The van der Waals surface area contributed by atoms with Crippen LogP contribution in [-0.2, 0) is 15.6 Å². The topological polar surface area (TPSA) is 67.6 Å². The van der Waals surface area contributed by atoms with Crippen molar-refractivity contribution in [2.24, 2.45) is 0 Å². The van der Waals surface area contributed by atoms with Gasteiger partial charge in [-0.3, -0.25) is 4.79 Å². The third kappa shape index (κ3) is 5.11. The molecular weight excluding hydrogens is 394 g/mol. The SMILES string of the molecule is CCS(=O)(=O)CCN(C)C(=O)c1oc2ccccc2c1CSC1CCCCC1. The fourth-order valence-corrected chi connectivity index (χ4v) is 5.74. The Morgan fingerprint density at radius 1 is 1.21 bits per heavy atom. The van der Waals surface area contributed by atoms with Gasteiger partial charge in [0.1, 0.15) is 5.58 Å². The van der Waals surface area contributed by atoms with Crippen molar-refractivity contribution in [3.63, 3.8) is 0 Å². The van der Waals surface area contributed by atoms with E-state index in [0.717, 1.165) is 16.7 Å². The lowest BCUT2D eigenvalue weighted by Gasteiger charge is -2.21. The molecule has 1 fully saturated rings. The highest BCUT2D eigenvalue weighted by atomic mass is 32.2. The monoisotopic (exact) mass is 423 g/mol. The highest BCUT2D eigenvalue weighted by Crippen LogP contribution is 2.35. The minimum Gasteiger partial charge on any atom is -0.451 e. The Bertz CT molecular complexity index is 914. The normalized spacial score (nSPS) is 15.8. The molecule has 1 aromatic carbocycles. The number of carbonyl (C=O) groups is 1. The van der Waals surface area contributed by atoms with Crippen molar-refractivity contribution in [2.45, 2.75) is 50.0 Å². The van der Waals surface area contributed by atoms with E-state index in [1.165, 1.54) is 37.0 Å². The van der Waals surface area contributed by atoms with Gasteiger partial charge in [-0.2, -0.15) is 11.8 Å². The number of sulfone groups is 1. The molecule has 154 valence electrons. The maximum Gasteiger partial charge on any atom is 0.289 e. The summed E-state index contributed by atoms with van der Waals surface area (Å²) in [7, 11) is -1.48. The minimum atomic E-state index is -3.12. The maximum absolute atomic E-state index is 13.0. The van der Waals surface area contributed by atoms with Crippen LogP contribution in [0.3, 0.4) is 0 Å². The molecule has 1 aliphatic rings. The summed E-state index contributed by atoms with van der Waals surface area (Å²) in [5.74, 6) is 0.896. The van der Waals surface area contributed by atoms with E-state index in [0.29, 0.717) is 16.6 Å². The second-order valence-corrected chi connectivity index (χ2v) is 11.2. The quantitative estimate of drug-likeness (QED) is 0.625. The van der Waals surface area contributed by atoms with Crippen LogP contribution >= 0.6 is 11.8 Å². The number of furan rings is 1. The predicted octanol–water partition coefficient (Wildman–Crippen LogP) is 4.51. The summed E-state index contributed by atoms with van der Waals surface area (Å²) >= 11 is 1.91. The number of nitrogens with zero attached hydrogens (tertiary/aromatic N) is 1. The van der Waals surface area contributed by atoms with Gasteiger partial charge in [-0.15, -0.1) is 0 Å². The van der Waals surface area contributed by atoms with Crippen LogP contribution in [0.5, 0.6) is 0 Å². The Kier molecular flexibility index (Phi) is 7.10. The van der Waals surface area contributed by atoms with Crippen molar-refractivity contribution in [3.05, 3.63) is 35.6 Å². The van der Waals surface area contributed by atoms with Crippen LogP contribution in [0.1, 0.15) is 55.1 Å². The van der Waals surface area contributed by atoms with Crippen molar-refractivity contribution in [3.8, 4) is 0 Å². The lowest BCUT2D eigenvalue weighted by atomic mass is 10.0. The summed E-state index contributed by atoms with van der Waals surface area (Å²) in [5, 5.41) is 1.61. The van der Waals surface area contributed by atoms with Gasteiger partial charge in [0.15, 0.2) is 15.6 Å². The van der Waals surface area contributed by atoms with Crippen molar-refractivity contribution in [2.75, 3.05) is 25.1 Å². The molecule has 28 heavy (non-hydrogen) atoms. The lowest BCUT2D eigenvalue weighted by molar-refractivity contribution is 0.0773. The van der Waals surface area contributed by atoms with E-state index in [4.69, 9.17) is 4.42 Å². The molecule has 0 aliphatic heterocycles. The highest BCUT2D eigenvalue weighted by Gasteiger charge is 2.25. The lowest BCUT2D eigenvalue weighted by Crippen LogP contribution is -2.32. The van der Waals surface area contributed by atoms with E-state index in [1.807, 2.05) is 36.0 Å². The Balaban J connectivity index is 1.79. The largest absolute Gasteiger partial charge is 0.451 e. The second kappa shape index (κ2) is 9.35. The summed E-state index contributed by atoms with van der Waals surface area (Å²) in [6.07, 6.45) is 6.35. The molecule has 1 aliphatic carbocycles. The molecule has 0 N–H and O–H groups in total. The molecule has 1 heterocycles. The molecule has 1 aromatic heterocycles. The van der Waals surface area contributed by atoms with Crippen LogP contribution in [0, 0.1) is 0 Å². The van der Waals surface area contributed by atoms with Crippen molar-refractivity contribution in [1.82, 2.24) is 4.90 Å². The smallest absolute Gasteiger partial charge is 0.289 e. The average molecular weight is 424 g/mol. The Labute approximate surface area is 171 Å². The number of carbonyl (C=O) groups excluding carboxylic acids is 1. The maximum atomic E-state index is 13.0.